The van der Waals surface area contributed by atoms with E-state index in [1.807, 2.05) is 48.7 Å². The fourth-order valence-corrected chi connectivity index (χ4v) is 6.00. The Hall–Kier alpha value is -3.30. The van der Waals surface area contributed by atoms with E-state index >= 15 is 0 Å². The molecule has 0 spiro atoms. The second-order valence-electron chi connectivity index (χ2n) is 10.4. The van der Waals surface area contributed by atoms with Gasteiger partial charge in [-0.05, 0) is 47.7 Å². The van der Waals surface area contributed by atoms with Crippen molar-refractivity contribution in [3.05, 3.63) is 65.0 Å². The summed E-state index contributed by atoms with van der Waals surface area (Å²) in [5, 5.41) is 18.4. The Morgan fingerprint density at radius 1 is 1.10 bits per heavy atom. The molecule has 8 nitrogen and oxygen atoms in total. The number of anilines is 1. The van der Waals surface area contributed by atoms with Crippen LogP contribution in [0.4, 0.5) is 5.82 Å². The number of aromatic nitrogens is 4. The summed E-state index contributed by atoms with van der Waals surface area (Å²) < 4.78 is 2.35. The van der Waals surface area contributed by atoms with Gasteiger partial charge in [-0.2, -0.15) is 9.61 Å². The van der Waals surface area contributed by atoms with Crippen LogP contribution in [0.15, 0.2) is 59.3 Å². The van der Waals surface area contributed by atoms with Gasteiger partial charge in [0.1, 0.15) is 11.4 Å². The van der Waals surface area contributed by atoms with E-state index in [4.69, 9.17) is 10.7 Å². The molecule has 1 aliphatic carbocycles. The zero-order chi connectivity index (χ0) is 27.4. The van der Waals surface area contributed by atoms with Crippen LogP contribution < -0.4 is 11.1 Å². The molecule has 1 aromatic carbocycles. The van der Waals surface area contributed by atoms with Gasteiger partial charge in [0.25, 0.3) is 5.91 Å². The van der Waals surface area contributed by atoms with E-state index in [1.165, 1.54) is 0 Å². The number of nitrogens with zero attached hydrogens (tertiary/aromatic N) is 4. The normalized spacial score (nSPS) is 16.1. The molecule has 4 N–H and O–H groups in total. The first-order valence-electron chi connectivity index (χ1n) is 13.8. The number of nitrogens with two attached hydrogens (primary N) is 1. The number of nitrogen functional groups attached to an aromatic ring is 1. The molecule has 0 bridgehead atoms. The van der Waals surface area contributed by atoms with Gasteiger partial charge in [-0.15, -0.1) is 0 Å². The smallest absolute Gasteiger partial charge is 0.251 e. The van der Waals surface area contributed by atoms with Gasteiger partial charge in [-0.3, -0.25) is 9.78 Å². The molecule has 1 atom stereocenters. The van der Waals surface area contributed by atoms with Crippen LogP contribution in [0.25, 0.3) is 28.0 Å². The maximum absolute atomic E-state index is 12.8. The Balaban J connectivity index is 1.36. The van der Waals surface area contributed by atoms with Gasteiger partial charge in [0, 0.05) is 35.3 Å². The highest BCUT2D eigenvalue weighted by Crippen LogP contribution is 2.35. The van der Waals surface area contributed by atoms with E-state index in [0.29, 0.717) is 41.7 Å². The van der Waals surface area contributed by atoms with Crippen molar-refractivity contribution in [3.8, 4) is 22.4 Å². The predicted octanol–water partition coefficient (Wildman–Crippen LogP) is 5.89. The van der Waals surface area contributed by atoms with Crippen LogP contribution in [0.5, 0.6) is 0 Å². The molecule has 1 amide bonds. The largest absolute Gasteiger partial charge is 0.383 e. The molecule has 0 radical (unpaired) electrons. The Kier molecular flexibility index (Phi) is 8.28. The number of hydrogen-bond acceptors (Lipinski definition) is 6. The van der Waals surface area contributed by atoms with Crippen LogP contribution in [-0.4, -0.2) is 42.7 Å². The molecule has 9 heteroatoms. The van der Waals surface area contributed by atoms with E-state index in [1.54, 1.807) is 10.7 Å². The standard InChI is InChI=1S/C30H35BrN6O2/c1-2-20(14-17-33-29(38)30(39)15-8-3-4-9-16-30)26-25(31)27(32)37-28(36-26)23(19-35-37)22-12-13-24(34-18-22)21-10-6-5-7-11-21/h5-7,10-13,18-20,39H,2-4,8-9,14-17,32H2,1H3,(H,33,38). The minimum absolute atomic E-state index is 0.0529. The summed E-state index contributed by atoms with van der Waals surface area (Å²) in [5.41, 5.74) is 10.5. The van der Waals surface area contributed by atoms with Crippen LogP contribution in [0, 0.1) is 0 Å². The zero-order valence-corrected chi connectivity index (χ0v) is 23.8. The van der Waals surface area contributed by atoms with Crippen molar-refractivity contribution in [1.82, 2.24) is 24.9 Å². The number of nitrogens with one attached hydrogen (secondary N) is 1. The van der Waals surface area contributed by atoms with E-state index < -0.39 is 5.60 Å². The molecule has 1 saturated carbocycles. The molecule has 5 rings (SSSR count). The zero-order valence-electron chi connectivity index (χ0n) is 22.2. The summed E-state index contributed by atoms with van der Waals surface area (Å²) in [7, 11) is 0. The molecule has 1 aliphatic rings. The number of aliphatic hydroxyl groups is 1. The number of hydrogen-bond donors (Lipinski definition) is 3. The van der Waals surface area contributed by atoms with Gasteiger partial charge in [0.2, 0.25) is 0 Å². The quantitative estimate of drug-likeness (QED) is 0.220. The lowest BCUT2D eigenvalue weighted by atomic mass is 9.93. The number of carbonyl (C=O) groups is 1. The SMILES string of the molecule is CCC(CCNC(=O)C1(O)CCCCCC1)c1nc2c(-c3ccc(-c4ccccc4)nc3)cnn2c(N)c1Br. The number of carbonyl (C=O) groups excluding carboxylic acids is 1. The van der Waals surface area contributed by atoms with Crippen LogP contribution in [0.2, 0.25) is 0 Å². The van der Waals surface area contributed by atoms with E-state index in [0.717, 1.165) is 60.2 Å². The summed E-state index contributed by atoms with van der Waals surface area (Å²) in [6, 6.07) is 14.1. The maximum atomic E-state index is 12.8. The molecule has 1 fully saturated rings. The van der Waals surface area contributed by atoms with Gasteiger partial charge in [-0.1, -0.05) is 69.0 Å². The average Bonchev–Trinajstić information content (AvgIpc) is 3.26. The van der Waals surface area contributed by atoms with Crippen molar-refractivity contribution in [1.29, 1.82) is 0 Å². The number of halogens is 1. The Labute approximate surface area is 237 Å². The number of fused-ring (bicyclic) bond motifs is 1. The highest BCUT2D eigenvalue weighted by Gasteiger charge is 2.35. The minimum atomic E-state index is -1.25. The van der Waals surface area contributed by atoms with Crippen molar-refractivity contribution in [2.45, 2.75) is 69.8 Å². The fraction of sp³-hybridized carbons (Fsp3) is 0.400. The number of pyridine rings is 1. The molecular formula is C30H35BrN6O2. The minimum Gasteiger partial charge on any atom is -0.383 e. The summed E-state index contributed by atoms with van der Waals surface area (Å²) in [6.07, 6.45) is 10.1. The average molecular weight is 592 g/mol. The number of benzene rings is 1. The van der Waals surface area contributed by atoms with Gasteiger partial charge in [0.05, 0.1) is 22.1 Å². The lowest BCUT2D eigenvalue weighted by molar-refractivity contribution is -0.141. The topological polar surface area (TPSA) is 118 Å². The monoisotopic (exact) mass is 590 g/mol. The second-order valence-corrected chi connectivity index (χ2v) is 11.2. The van der Waals surface area contributed by atoms with E-state index in [9.17, 15) is 9.90 Å². The third-order valence-corrected chi connectivity index (χ3v) is 8.62. The van der Waals surface area contributed by atoms with Gasteiger partial charge >= 0.3 is 0 Å². The first-order valence-corrected chi connectivity index (χ1v) is 14.6. The molecular weight excluding hydrogens is 556 g/mol. The predicted molar refractivity (Wildman–Crippen MR) is 157 cm³/mol. The van der Waals surface area contributed by atoms with Crippen LogP contribution in [0.1, 0.15) is 69.9 Å². The number of rotatable bonds is 8. The van der Waals surface area contributed by atoms with Crippen molar-refractivity contribution in [2.75, 3.05) is 12.3 Å². The summed E-state index contributed by atoms with van der Waals surface area (Å²) >= 11 is 3.66. The van der Waals surface area contributed by atoms with Gasteiger partial charge in [0.15, 0.2) is 5.65 Å². The first kappa shape index (κ1) is 27.3. The highest BCUT2D eigenvalue weighted by atomic mass is 79.9. The summed E-state index contributed by atoms with van der Waals surface area (Å²) in [6.45, 7) is 2.55. The van der Waals surface area contributed by atoms with Crippen LogP contribution in [0.3, 0.4) is 0 Å². The molecule has 1 unspecified atom stereocenters. The molecule has 0 aliphatic heterocycles. The maximum Gasteiger partial charge on any atom is 0.251 e. The van der Waals surface area contributed by atoms with Crippen molar-refractivity contribution in [3.63, 3.8) is 0 Å². The molecule has 0 saturated heterocycles. The first-order chi connectivity index (χ1) is 18.9. The van der Waals surface area contributed by atoms with Crippen molar-refractivity contribution in [2.24, 2.45) is 0 Å². The van der Waals surface area contributed by atoms with Crippen LogP contribution in [-0.2, 0) is 4.79 Å². The van der Waals surface area contributed by atoms with Gasteiger partial charge in [-0.25, -0.2) is 4.98 Å². The molecule has 3 aromatic heterocycles. The van der Waals surface area contributed by atoms with E-state index in [-0.39, 0.29) is 11.8 Å². The lowest BCUT2D eigenvalue weighted by Crippen LogP contribution is -2.46. The Bertz CT molecular complexity index is 1430. The third-order valence-electron chi connectivity index (χ3n) is 7.80. The Morgan fingerprint density at radius 2 is 1.85 bits per heavy atom. The molecule has 4 aromatic rings. The molecule has 39 heavy (non-hydrogen) atoms. The summed E-state index contributed by atoms with van der Waals surface area (Å²) in [5.74, 6) is 0.272. The van der Waals surface area contributed by atoms with Crippen LogP contribution >= 0.6 is 15.9 Å². The molecule has 204 valence electrons. The molecule has 3 heterocycles. The summed E-state index contributed by atoms with van der Waals surface area (Å²) in [4.78, 5) is 22.5. The number of amides is 1. The second kappa shape index (κ2) is 11.8. The fourth-order valence-electron chi connectivity index (χ4n) is 5.42. The van der Waals surface area contributed by atoms with E-state index in [2.05, 4.69) is 38.3 Å². The highest BCUT2D eigenvalue weighted by molar-refractivity contribution is 9.10. The van der Waals surface area contributed by atoms with Crippen molar-refractivity contribution < 1.29 is 9.90 Å². The third kappa shape index (κ3) is 5.70. The Morgan fingerprint density at radius 3 is 2.51 bits per heavy atom. The lowest BCUT2D eigenvalue weighted by Gasteiger charge is -2.26. The van der Waals surface area contributed by atoms with Crippen molar-refractivity contribution >= 4 is 33.3 Å². The van der Waals surface area contributed by atoms with Gasteiger partial charge < -0.3 is 16.2 Å².